The highest BCUT2D eigenvalue weighted by Gasteiger charge is 2.11. The van der Waals surface area contributed by atoms with Crippen LogP contribution in [-0.2, 0) is 0 Å². The van der Waals surface area contributed by atoms with E-state index in [0.717, 1.165) is 12.1 Å². The Labute approximate surface area is 86.0 Å². The highest BCUT2D eigenvalue weighted by atomic mass is 19.1. The van der Waals surface area contributed by atoms with Crippen LogP contribution in [0.25, 0.3) is 0 Å². The van der Waals surface area contributed by atoms with Gasteiger partial charge in [-0.25, -0.2) is 8.78 Å². The predicted molar refractivity (Wildman–Crippen MR) is 51.2 cm³/mol. The summed E-state index contributed by atoms with van der Waals surface area (Å²) in [5, 5.41) is 19.8. The monoisotopic (exact) mass is 212 g/mol. The molecule has 0 fully saturated rings. The summed E-state index contributed by atoms with van der Waals surface area (Å²) in [5.41, 5.74) is -0.400. The van der Waals surface area contributed by atoms with Crippen LogP contribution >= 0.6 is 0 Å². The van der Waals surface area contributed by atoms with E-state index in [1.807, 2.05) is 0 Å². The highest BCUT2D eigenvalue weighted by molar-refractivity contribution is 5.50. The van der Waals surface area contributed by atoms with Gasteiger partial charge in [-0.15, -0.1) is 0 Å². The fourth-order valence-corrected chi connectivity index (χ4v) is 1.06. The van der Waals surface area contributed by atoms with Crippen molar-refractivity contribution in [2.24, 2.45) is 0 Å². The lowest BCUT2D eigenvalue weighted by Gasteiger charge is -2.10. The van der Waals surface area contributed by atoms with Crippen molar-refractivity contribution in [3.05, 3.63) is 29.3 Å². The molecule has 0 radical (unpaired) electrons. The van der Waals surface area contributed by atoms with E-state index < -0.39 is 17.7 Å². The maximum atomic E-state index is 13.2. The Morgan fingerprint density at radius 1 is 1.47 bits per heavy atom. The molecule has 1 atom stereocenters. The van der Waals surface area contributed by atoms with Crippen LogP contribution < -0.4 is 5.32 Å². The highest BCUT2D eigenvalue weighted by Crippen LogP contribution is 2.20. The van der Waals surface area contributed by atoms with E-state index in [0.29, 0.717) is 0 Å². The van der Waals surface area contributed by atoms with Crippen molar-refractivity contribution in [3.63, 3.8) is 0 Å². The number of hydrogen-bond donors (Lipinski definition) is 2. The molecule has 0 spiro atoms. The number of aliphatic hydroxyl groups excluding tert-OH is 1. The summed E-state index contributed by atoms with van der Waals surface area (Å²) in [6.45, 7) is 1.53. The average molecular weight is 212 g/mol. The molecule has 1 rings (SSSR count). The third kappa shape index (κ3) is 2.89. The van der Waals surface area contributed by atoms with Crippen molar-refractivity contribution in [3.8, 4) is 6.07 Å². The molecule has 3 nitrogen and oxygen atoms in total. The molecule has 1 unspecified atom stereocenters. The number of rotatable bonds is 3. The molecule has 0 aromatic heterocycles. The predicted octanol–water partition coefficient (Wildman–Crippen LogP) is 1.63. The van der Waals surface area contributed by atoms with E-state index in [1.165, 1.54) is 6.92 Å². The van der Waals surface area contributed by atoms with E-state index in [9.17, 15) is 8.78 Å². The lowest BCUT2D eigenvalue weighted by Crippen LogP contribution is -2.17. The molecule has 0 saturated heterocycles. The number of benzene rings is 1. The van der Waals surface area contributed by atoms with Gasteiger partial charge >= 0.3 is 0 Å². The van der Waals surface area contributed by atoms with Crippen molar-refractivity contribution in [2.45, 2.75) is 13.0 Å². The summed E-state index contributed by atoms with van der Waals surface area (Å²) in [7, 11) is 0. The molecule has 2 N–H and O–H groups in total. The topological polar surface area (TPSA) is 56.0 Å². The number of hydrogen-bond acceptors (Lipinski definition) is 3. The lowest BCUT2D eigenvalue weighted by atomic mass is 10.2. The molecule has 1 aromatic carbocycles. The Morgan fingerprint density at radius 3 is 2.40 bits per heavy atom. The van der Waals surface area contributed by atoms with Gasteiger partial charge < -0.3 is 10.4 Å². The Morgan fingerprint density at radius 2 is 2.00 bits per heavy atom. The standard InChI is InChI=1S/C10H10F2N2O/c1-6(15)5-14-10-8(11)2-7(4-13)3-9(10)12/h2-3,6,14-15H,5H2,1H3. The number of aliphatic hydroxyl groups is 1. The quantitative estimate of drug-likeness (QED) is 0.800. The van der Waals surface area contributed by atoms with Crippen LogP contribution in [0.2, 0.25) is 0 Å². The zero-order chi connectivity index (χ0) is 11.4. The first-order valence-corrected chi connectivity index (χ1v) is 4.35. The average Bonchev–Trinajstić information content (AvgIpc) is 2.15. The molecule has 5 heteroatoms. The van der Waals surface area contributed by atoms with Crippen molar-refractivity contribution < 1.29 is 13.9 Å². The Hall–Kier alpha value is -1.67. The summed E-state index contributed by atoms with van der Waals surface area (Å²) in [4.78, 5) is 0. The minimum absolute atomic E-state index is 0.0414. The molecule has 0 aliphatic rings. The molecular weight excluding hydrogens is 202 g/mol. The fourth-order valence-electron chi connectivity index (χ4n) is 1.06. The third-order valence-corrected chi connectivity index (χ3v) is 1.75. The van der Waals surface area contributed by atoms with E-state index in [2.05, 4.69) is 5.32 Å². The van der Waals surface area contributed by atoms with Gasteiger partial charge in [-0.3, -0.25) is 0 Å². The first-order chi connectivity index (χ1) is 7.04. The van der Waals surface area contributed by atoms with Crippen molar-refractivity contribution in [1.82, 2.24) is 0 Å². The van der Waals surface area contributed by atoms with Gasteiger partial charge in [0.25, 0.3) is 0 Å². The van der Waals surface area contributed by atoms with Crippen LogP contribution in [0.1, 0.15) is 12.5 Å². The summed E-state index contributed by atoms with van der Waals surface area (Å²) < 4.78 is 26.4. The van der Waals surface area contributed by atoms with E-state index in [4.69, 9.17) is 10.4 Å². The van der Waals surface area contributed by atoms with Crippen LogP contribution in [0.4, 0.5) is 14.5 Å². The fraction of sp³-hybridized carbons (Fsp3) is 0.300. The second kappa shape index (κ2) is 4.71. The van der Waals surface area contributed by atoms with Gasteiger partial charge in [-0.2, -0.15) is 5.26 Å². The molecule has 1 aromatic rings. The van der Waals surface area contributed by atoms with Crippen molar-refractivity contribution >= 4 is 5.69 Å². The van der Waals surface area contributed by atoms with Gasteiger partial charge in [0.2, 0.25) is 0 Å². The number of nitrogens with zero attached hydrogens (tertiary/aromatic N) is 1. The van der Waals surface area contributed by atoms with E-state index in [1.54, 1.807) is 6.07 Å². The SMILES string of the molecule is CC(O)CNc1c(F)cc(C#N)cc1F. The molecule has 0 aliphatic carbocycles. The summed E-state index contributed by atoms with van der Waals surface area (Å²) in [6, 6.07) is 3.52. The van der Waals surface area contributed by atoms with E-state index in [-0.39, 0.29) is 17.8 Å². The van der Waals surface area contributed by atoms with Crippen LogP contribution in [0, 0.1) is 23.0 Å². The Kier molecular flexibility index (Phi) is 3.58. The largest absolute Gasteiger partial charge is 0.392 e. The maximum Gasteiger partial charge on any atom is 0.150 e. The van der Waals surface area contributed by atoms with Gasteiger partial charge in [0.05, 0.1) is 17.7 Å². The van der Waals surface area contributed by atoms with Gasteiger partial charge in [-0.05, 0) is 19.1 Å². The molecule has 0 heterocycles. The molecule has 15 heavy (non-hydrogen) atoms. The molecule has 0 bridgehead atoms. The van der Waals surface area contributed by atoms with Gasteiger partial charge in [0.15, 0.2) is 11.6 Å². The second-order valence-corrected chi connectivity index (χ2v) is 3.16. The molecule has 0 amide bonds. The lowest BCUT2D eigenvalue weighted by molar-refractivity contribution is 0.208. The normalized spacial score (nSPS) is 11.9. The van der Waals surface area contributed by atoms with Crippen molar-refractivity contribution in [2.75, 3.05) is 11.9 Å². The first-order valence-electron chi connectivity index (χ1n) is 4.35. The molecular formula is C10H10F2N2O. The molecule has 80 valence electrons. The number of nitrogens with one attached hydrogen (secondary N) is 1. The smallest absolute Gasteiger partial charge is 0.150 e. The van der Waals surface area contributed by atoms with Crippen LogP contribution in [-0.4, -0.2) is 17.8 Å². The Bertz CT molecular complexity index is 376. The zero-order valence-corrected chi connectivity index (χ0v) is 8.09. The van der Waals surface area contributed by atoms with Crippen LogP contribution in [0.5, 0.6) is 0 Å². The number of nitriles is 1. The van der Waals surface area contributed by atoms with Crippen LogP contribution in [0.3, 0.4) is 0 Å². The Balaban J connectivity index is 2.94. The summed E-state index contributed by atoms with van der Waals surface area (Å²) >= 11 is 0. The third-order valence-electron chi connectivity index (χ3n) is 1.75. The minimum atomic E-state index is -0.841. The van der Waals surface area contributed by atoms with Crippen LogP contribution in [0.15, 0.2) is 12.1 Å². The minimum Gasteiger partial charge on any atom is -0.392 e. The first kappa shape index (κ1) is 11.4. The van der Waals surface area contributed by atoms with Gasteiger partial charge in [0, 0.05) is 6.54 Å². The van der Waals surface area contributed by atoms with Crippen molar-refractivity contribution in [1.29, 1.82) is 5.26 Å². The number of anilines is 1. The zero-order valence-electron chi connectivity index (χ0n) is 8.09. The maximum absolute atomic E-state index is 13.2. The number of halogens is 2. The summed E-state index contributed by atoms with van der Waals surface area (Å²) in [5.74, 6) is -1.68. The van der Waals surface area contributed by atoms with Gasteiger partial charge in [0.1, 0.15) is 5.69 Å². The van der Waals surface area contributed by atoms with E-state index >= 15 is 0 Å². The second-order valence-electron chi connectivity index (χ2n) is 3.16. The van der Waals surface area contributed by atoms with Gasteiger partial charge in [-0.1, -0.05) is 0 Å². The molecule has 0 aliphatic heterocycles. The molecule has 0 saturated carbocycles. The summed E-state index contributed by atoms with van der Waals surface area (Å²) in [6.07, 6.45) is -0.709.